The fourth-order valence-corrected chi connectivity index (χ4v) is 3.50. The van der Waals surface area contributed by atoms with Crippen molar-refractivity contribution in [2.45, 2.75) is 38.1 Å². The molecule has 1 aliphatic carbocycles. The van der Waals surface area contributed by atoms with Crippen LogP contribution in [-0.2, 0) is 4.79 Å². The van der Waals surface area contributed by atoms with Crippen molar-refractivity contribution in [1.82, 2.24) is 20.4 Å². The highest BCUT2D eigenvalue weighted by molar-refractivity contribution is 5.95. The number of amides is 4. The highest BCUT2D eigenvalue weighted by Gasteiger charge is 2.25. The second-order valence-corrected chi connectivity index (χ2v) is 6.90. The van der Waals surface area contributed by atoms with Gasteiger partial charge in [-0.15, -0.1) is 0 Å². The number of rotatable bonds is 4. The summed E-state index contributed by atoms with van der Waals surface area (Å²) in [7, 11) is 0. The van der Waals surface area contributed by atoms with Crippen LogP contribution in [0, 0.1) is 0 Å². The van der Waals surface area contributed by atoms with E-state index in [1.807, 2.05) is 4.90 Å². The Bertz CT molecular complexity index is 617. The minimum atomic E-state index is -0.409. The number of nitrogens with zero attached hydrogens (tertiary/aromatic N) is 2. The molecule has 1 aromatic heterocycles. The number of piperazine rings is 1. The number of hydrogen-bond donors (Lipinski definition) is 2. The van der Waals surface area contributed by atoms with Gasteiger partial charge in [0.05, 0.1) is 12.8 Å². The number of imide groups is 1. The molecule has 0 atom stereocenters. The first-order valence-corrected chi connectivity index (χ1v) is 9.27. The van der Waals surface area contributed by atoms with Crippen molar-refractivity contribution in [3.05, 3.63) is 24.2 Å². The third kappa shape index (κ3) is 5.08. The first-order valence-electron chi connectivity index (χ1n) is 9.27. The maximum atomic E-state index is 12.2. The molecule has 0 unspecified atom stereocenters. The molecular weight excluding hydrogens is 336 g/mol. The van der Waals surface area contributed by atoms with E-state index in [1.54, 1.807) is 17.0 Å². The average Bonchev–Trinajstić information content (AvgIpc) is 3.17. The van der Waals surface area contributed by atoms with Crippen LogP contribution in [-0.4, -0.2) is 66.4 Å². The van der Waals surface area contributed by atoms with E-state index in [2.05, 4.69) is 10.6 Å². The molecule has 1 saturated carbocycles. The van der Waals surface area contributed by atoms with Crippen LogP contribution in [0.1, 0.15) is 42.7 Å². The van der Waals surface area contributed by atoms with Crippen molar-refractivity contribution in [3.63, 3.8) is 0 Å². The fraction of sp³-hybridized carbons (Fsp3) is 0.611. The Labute approximate surface area is 152 Å². The normalized spacial score (nSPS) is 19.2. The second kappa shape index (κ2) is 8.84. The Morgan fingerprint density at radius 3 is 2.46 bits per heavy atom. The topological polar surface area (TPSA) is 94.9 Å². The predicted octanol–water partition coefficient (Wildman–Crippen LogP) is 1.20. The van der Waals surface area contributed by atoms with Gasteiger partial charge in [-0.3, -0.25) is 19.8 Å². The Morgan fingerprint density at radius 1 is 1.08 bits per heavy atom. The molecule has 0 aromatic carbocycles. The SMILES string of the molecule is O=C(CN1CCN(C(=O)c2ccco2)CC1)NC(=O)NC1CCCCC1. The molecule has 2 heterocycles. The van der Waals surface area contributed by atoms with E-state index in [4.69, 9.17) is 4.42 Å². The molecule has 8 nitrogen and oxygen atoms in total. The van der Waals surface area contributed by atoms with Gasteiger partial charge >= 0.3 is 6.03 Å². The molecule has 0 radical (unpaired) electrons. The molecule has 0 spiro atoms. The van der Waals surface area contributed by atoms with Gasteiger partial charge in [0.25, 0.3) is 5.91 Å². The minimum absolute atomic E-state index is 0.133. The molecule has 2 fully saturated rings. The van der Waals surface area contributed by atoms with Gasteiger partial charge in [0.2, 0.25) is 5.91 Å². The minimum Gasteiger partial charge on any atom is -0.459 e. The summed E-state index contributed by atoms with van der Waals surface area (Å²) in [5.74, 6) is -0.120. The summed E-state index contributed by atoms with van der Waals surface area (Å²) in [6.45, 7) is 2.39. The molecule has 26 heavy (non-hydrogen) atoms. The van der Waals surface area contributed by atoms with Crippen molar-refractivity contribution in [2.24, 2.45) is 0 Å². The number of nitrogens with one attached hydrogen (secondary N) is 2. The van der Waals surface area contributed by atoms with Crippen molar-refractivity contribution < 1.29 is 18.8 Å². The van der Waals surface area contributed by atoms with E-state index in [0.29, 0.717) is 31.9 Å². The predicted molar refractivity (Wildman–Crippen MR) is 94.6 cm³/mol. The summed E-state index contributed by atoms with van der Waals surface area (Å²) < 4.78 is 5.13. The van der Waals surface area contributed by atoms with Gasteiger partial charge in [0, 0.05) is 32.2 Å². The summed E-state index contributed by atoms with van der Waals surface area (Å²) >= 11 is 0. The molecule has 3 rings (SSSR count). The van der Waals surface area contributed by atoms with Gasteiger partial charge in [-0.25, -0.2) is 4.79 Å². The third-order valence-corrected chi connectivity index (χ3v) is 4.95. The first-order chi connectivity index (χ1) is 12.6. The van der Waals surface area contributed by atoms with E-state index in [1.165, 1.54) is 12.7 Å². The standard InChI is InChI=1S/C18H26N4O4/c23-16(20-18(25)19-14-5-2-1-3-6-14)13-21-8-10-22(11-9-21)17(24)15-7-4-12-26-15/h4,7,12,14H,1-3,5-6,8-11,13H2,(H2,19,20,23,25). The van der Waals surface area contributed by atoms with E-state index < -0.39 is 6.03 Å². The monoisotopic (exact) mass is 362 g/mol. The lowest BCUT2D eigenvalue weighted by atomic mass is 9.96. The summed E-state index contributed by atoms with van der Waals surface area (Å²) in [5, 5.41) is 5.28. The van der Waals surface area contributed by atoms with Gasteiger partial charge < -0.3 is 14.6 Å². The summed E-state index contributed by atoms with van der Waals surface area (Å²) in [5.41, 5.74) is 0. The summed E-state index contributed by atoms with van der Waals surface area (Å²) in [6, 6.07) is 3.10. The van der Waals surface area contributed by atoms with Crippen molar-refractivity contribution in [2.75, 3.05) is 32.7 Å². The quantitative estimate of drug-likeness (QED) is 0.839. The maximum Gasteiger partial charge on any atom is 0.321 e. The van der Waals surface area contributed by atoms with Crippen molar-refractivity contribution >= 4 is 17.8 Å². The largest absolute Gasteiger partial charge is 0.459 e. The second-order valence-electron chi connectivity index (χ2n) is 6.90. The Balaban J connectivity index is 1.36. The highest BCUT2D eigenvalue weighted by Crippen LogP contribution is 2.17. The van der Waals surface area contributed by atoms with Crippen LogP contribution in [0.2, 0.25) is 0 Å². The van der Waals surface area contributed by atoms with Gasteiger partial charge in [-0.2, -0.15) is 0 Å². The molecule has 2 aliphatic rings. The molecule has 0 bridgehead atoms. The van der Waals surface area contributed by atoms with Crippen molar-refractivity contribution in [3.8, 4) is 0 Å². The van der Waals surface area contributed by atoms with Crippen LogP contribution in [0.25, 0.3) is 0 Å². The number of hydrogen-bond acceptors (Lipinski definition) is 5. The molecule has 4 amide bonds. The van der Waals surface area contributed by atoms with E-state index in [9.17, 15) is 14.4 Å². The number of carbonyl (C=O) groups is 3. The smallest absolute Gasteiger partial charge is 0.321 e. The summed E-state index contributed by atoms with van der Waals surface area (Å²) in [6.07, 6.45) is 6.90. The number of carbonyl (C=O) groups excluding carboxylic acids is 3. The molecule has 1 saturated heterocycles. The third-order valence-electron chi connectivity index (χ3n) is 4.95. The van der Waals surface area contributed by atoms with E-state index in [0.717, 1.165) is 25.7 Å². The molecule has 2 N–H and O–H groups in total. The van der Waals surface area contributed by atoms with Crippen molar-refractivity contribution in [1.29, 1.82) is 0 Å². The highest BCUT2D eigenvalue weighted by atomic mass is 16.3. The molecular formula is C18H26N4O4. The van der Waals surface area contributed by atoms with Gasteiger partial charge in [0.1, 0.15) is 0 Å². The maximum absolute atomic E-state index is 12.2. The number of furan rings is 1. The van der Waals surface area contributed by atoms with Crippen LogP contribution >= 0.6 is 0 Å². The van der Waals surface area contributed by atoms with Gasteiger partial charge in [0.15, 0.2) is 5.76 Å². The van der Waals surface area contributed by atoms with Gasteiger partial charge in [-0.1, -0.05) is 19.3 Å². The van der Waals surface area contributed by atoms with E-state index in [-0.39, 0.29) is 24.4 Å². The zero-order valence-electron chi connectivity index (χ0n) is 14.9. The van der Waals surface area contributed by atoms with Crippen LogP contribution in [0.3, 0.4) is 0 Å². The fourth-order valence-electron chi connectivity index (χ4n) is 3.50. The molecule has 1 aliphatic heterocycles. The average molecular weight is 362 g/mol. The van der Waals surface area contributed by atoms with E-state index >= 15 is 0 Å². The van der Waals surface area contributed by atoms with Crippen LogP contribution in [0.5, 0.6) is 0 Å². The van der Waals surface area contributed by atoms with Crippen LogP contribution in [0.15, 0.2) is 22.8 Å². The lowest BCUT2D eigenvalue weighted by molar-refractivity contribution is -0.121. The Hall–Kier alpha value is -2.35. The molecule has 1 aromatic rings. The lowest BCUT2D eigenvalue weighted by Crippen LogP contribution is -2.53. The Kier molecular flexibility index (Phi) is 6.27. The first kappa shape index (κ1) is 18.4. The zero-order chi connectivity index (χ0) is 18.4. The van der Waals surface area contributed by atoms with Crippen LogP contribution in [0.4, 0.5) is 4.79 Å². The Morgan fingerprint density at radius 2 is 1.81 bits per heavy atom. The molecule has 142 valence electrons. The number of urea groups is 1. The molecule has 8 heteroatoms. The zero-order valence-corrected chi connectivity index (χ0v) is 14.9. The van der Waals surface area contributed by atoms with Gasteiger partial charge in [-0.05, 0) is 25.0 Å². The van der Waals surface area contributed by atoms with Crippen LogP contribution < -0.4 is 10.6 Å². The lowest BCUT2D eigenvalue weighted by Gasteiger charge is -2.33. The summed E-state index contributed by atoms with van der Waals surface area (Å²) in [4.78, 5) is 39.8.